The first kappa shape index (κ1) is 40.2. The van der Waals surface area contributed by atoms with Gasteiger partial charge in [0.05, 0.1) is 0 Å². The van der Waals surface area contributed by atoms with Crippen molar-refractivity contribution in [2.24, 2.45) is 34.5 Å². The van der Waals surface area contributed by atoms with E-state index < -0.39 is 0 Å². The number of benzene rings is 2. The van der Waals surface area contributed by atoms with E-state index in [1.807, 2.05) is 0 Å². The average molecular weight is 797 g/mol. The second kappa shape index (κ2) is 14.2. The molecule has 0 amide bonds. The molecule has 8 bridgehead atoms. The quantitative estimate of drug-likeness (QED) is 0.279. The molecule has 9 aliphatic rings. The summed E-state index contributed by atoms with van der Waals surface area (Å²) in [5.74, 6) is 6.40. The molecule has 0 spiro atoms. The van der Waals surface area contributed by atoms with E-state index in [2.05, 4.69) is 103 Å². The Kier molecular flexibility index (Phi) is 10.2. The maximum Gasteiger partial charge on any atom is 0.123 e. The van der Waals surface area contributed by atoms with Crippen LogP contribution in [0.5, 0.6) is 11.5 Å². The first-order valence-electron chi connectivity index (χ1n) is 23.3. The first-order valence-corrected chi connectivity index (χ1v) is 25.4. The molecule has 6 unspecified atom stereocenters. The summed E-state index contributed by atoms with van der Waals surface area (Å²) < 4.78 is 0. The maximum atomic E-state index is 12.4. The van der Waals surface area contributed by atoms with E-state index >= 15 is 0 Å². The van der Waals surface area contributed by atoms with E-state index in [0.717, 1.165) is 35.2 Å². The van der Waals surface area contributed by atoms with Gasteiger partial charge in [-0.3, -0.25) is 0 Å². The van der Waals surface area contributed by atoms with Crippen LogP contribution in [-0.4, -0.2) is 20.7 Å². The van der Waals surface area contributed by atoms with Crippen molar-refractivity contribution < 1.29 is 10.2 Å². The van der Waals surface area contributed by atoms with Crippen molar-refractivity contribution in [3.63, 3.8) is 0 Å². The zero-order chi connectivity index (χ0) is 39.5. The van der Waals surface area contributed by atoms with Gasteiger partial charge in [-0.15, -0.1) is 0 Å². The average Bonchev–Trinajstić information content (AvgIpc) is 3.05. The number of hydrogen-bond donors (Lipinski definition) is 2. The Morgan fingerprint density at radius 3 is 1.21 bits per heavy atom. The molecule has 2 N–H and O–H groups in total. The molecule has 2 aromatic carbocycles. The molecule has 9 saturated carbocycles. The van der Waals surface area contributed by atoms with Gasteiger partial charge in [0.2, 0.25) is 0 Å². The summed E-state index contributed by atoms with van der Waals surface area (Å²) in [6, 6.07) is 9.71. The predicted molar refractivity (Wildman–Crippen MR) is 240 cm³/mol. The molecule has 0 radical (unpaired) electrons. The molecule has 2 nitrogen and oxygen atoms in total. The maximum absolute atomic E-state index is 12.4. The lowest BCUT2D eigenvalue weighted by atomic mass is 9.43. The molecule has 2 aromatic rings. The number of rotatable bonds is 8. The van der Waals surface area contributed by atoms with Gasteiger partial charge in [0.1, 0.15) is 11.5 Å². The van der Waals surface area contributed by atoms with E-state index in [4.69, 9.17) is 0 Å². The third kappa shape index (κ3) is 7.44. The molecule has 0 saturated heterocycles. The molecule has 11 rings (SSSR count). The molecule has 308 valence electrons. The van der Waals surface area contributed by atoms with Crippen LogP contribution in [0.4, 0.5) is 0 Å². The van der Waals surface area contributed by atoms with E-state index in [-0.39, 0.29) is 21.7 Å². The Morgan fingerprint density at radius 2 is 0.893 bits per heavy atom. The standard InChI is InChI=1S/C52H76O2S2/c1-47(2,3)39-17-37(45(53)41(19-39)51-25-33-15-34(26-51)22-49(7,21-33)31-51)29-55-43-13-11-9-10-12-14-44(43)56-30-38-18-40(48(4,5)6)20-42(46(38)54)52-27-35-16-36(28-52)24-50(8,23-35)32-52/h17-20,33-36,43-44,53-54H,9-16,21-32H2,1-8H3. The third-order valence-electron chi connectivity index (χ3n) is 17.0. The van der Waals surface area contributed by atoms with Crippen LogP contribution in [0.2, 0.25) is 0 Å². The third-order valence-corrected chi connectivity index (χ3v) is 20.1. The normalized spacial score (nSPS) is 39.2. The fraction of sp³-hybridized carbons (Fsp3) is 0.769. The summed E-state index contributed by atoms with van der Waals surface area (Å²) >= 11 is 4.29. The van der Waals surface area contributed by atoms with Gasteiger partial charge in [-0.1, -0.05) is 105 Å². The molecule has 9 fully saturated rings. The monoisotopic (exact) mass is 797 g/mol. The van der Waals surface area contributed by atoms with E-state index in [1.165, 1.54) is 149 Å². The minimum absolute atomic E-state index is 0.0447. The number of aromatic hydroxyl groups is 2. The number of phenols is 2. The minimum atomic E-state index is 0.0447. The van der Waals surface area contributed by atoms with Gasteiger partial charge >= 0.3 is 0 Å². The lowest BCUT2D eigenvalue weighted by molar-refractivity contribution is -0.0625. The van der Waals surface area contributed by atoms with Crippen molar-refractivity contribution >= 4 is 23.5 Å². The Hall–Kier alpha value is -1.26. The van der Waals surface area contributed by atoms with Gasteiger partial charge in [0, 0.05) is 55.1 Å². The van der Waals surface area contributed by atoms with Gasteiger partial charge < -0.3 is 10.2 Å². The van der Waals surface area contributed by atoms with Crippen LogP contribution in [0.3, 0.4) is 0 Å². The van der Waals surface area contributed by atoms with Crippen molar-refractivity contribution in [2.75, 3.05) is 0 Å². The fourth-order valence-electron chi connectivity index (χ4n) is 15.5. The zero-order valence-corrected chi connectivity index (χ0v) is 38.3. The number of phenolic OH excluding ortho intramolecular Hbond substituents is 2. The highest BCUT2D eigenvalue weighted by molar-refractivity contribution is 8.03. The molecular weight excluding hydrogens is 721 g/mol. The van der Waals surface area contributed by atoms with Crippen molar-refractivity contribution in [1.82, 2.24) is 0 Å². The van der Waals surface area contributed by atoms with E-state index in [0.29, 0.717) is 32.8 Å². The SMILES string of the molecule is CC12CC3CC(C1)CC(c1cc(C(C)(C)C)cc(CSC4CCCCCCC4SCc4cc(C(C)(C)C)cc(C56CC7CC(CC(C)(C7)C5)C6)c4O)c1O)(C3)C2. The summed E-state index contributed by atoms with van der Waals surface area (Å²) in [5.41, 5.74) is 9.09. The molecule has 0 aromatic heterocycles. The summed E-state index contributed by atoms with van der Waals surface area (Å²) in [6.07, 6.45) is 23.9. The fourth-order valence-corrected chi connectivity index (χ4v) is 18.6. The molecule has 6 atom stereocenters. The topological polar surface area (TPSA) is 40.5 Å². The second-order valence-corrected chi connectivity index (χ2v) is 26.8. The largest absolute Gasteiger partial charge is 0.507 e. The molecular formula is C52H76O2S2. The van der Waals surface area contributed by atoms with Crippen LogP contribution in [0.25, 0.3) is 0 Å². The van der Waals surface area contributed by atoms with E-state index in [1.54, 1.807) is 0 Å². The second-order valence-electron chi connectivity index (χ2n) is 24.4. The van der Waals surface area contributed by atoms with Gasteiger partial charge in [0.25, 0.3) is 0 Å². The molecule has 4 heteroatoms. The van der Waals surface area contributed by atoms with Gasteiger partial charge in [-0.05, 0) is 146 Å². The van der Waals surface area contributed by atoms with Crippen molar-refractivity contribution in [2.45, 2.75) is 215 Å². The Balaban J connectivity index is 0.987. The van der Waals surface area contributed by atoms with Crippen molar-refractivity contribution in [3.8, 4) is 11.5 Å². The molecule has 0 aliphatic heterocycles. The van der Waals surface area contributed by atoms with Crippen LogP contribution < -0.4 is 0 Å². The van der Waals surface area contributed by atoms with Gasteiger partial charge in [0.15, 0.2) is 0 Å². The smallest absolute Gasteiger partial charge is 0.123 e. The highest BCUT2D eigenvalue weighted by Crippen LogP contribution is 2.68. The highest BCUT2D eigenvalue weighted by Gasteiger charge is 2.58. The number of thioether (sulfide) groups is 2. The van der Waals surface area contributed by atoms with E-state index in [9.17, 15) is 10.2 Å². The Bertz CT molecular complexity index is 1650. The molecule has 0 heterocycles. The summed E-state index contributed by atoms with van der Waals surface area (Å²) in [6.45, 7) is 19.3. The minimum Gasteiger partial charge on any atom is -0.507 e. The Labute approximate surface area is 350 Å². The predicted octanol–water partition coefficient (Wildman–Crippen LogP) is 14.7. The van der Waals surface area contributed by atoms with Crippen LogP contribution in [0.1, 0.15) is 204 Å². The first-order chi connectivity index (χ1) is 26.3. The molecule has 9 aliphatic carbocycles. The van der Waals surface area contributed by atoms with Crippen molar-refractivity contribution in [3.05, 3.63) is 57.6 Å². The summed E-state index contributed by atoms with van der Waals surface area (Å²) in [5, 5.41) is 25.9. The van der Waals surface area contributed by atoms with Gasteiger partial charge in [-0.25, -0.2) is 0 Å². The van der Waals surface area contributed by atoms with Crippen LogP contribution in [0.15, 0.2) is 24.3 Å². The van der Waals surface area contributed by atoms with Crippen LogP contribution in [-0.2, 0) is 33.2 Å². The van der Waals surface area contributed by atoms with Gasteiger partial charge in [-0.2, -0.15) is 23.5 Å². The molecule has 56 heavy (non-hydrogen) atoms. The van der Waals surface area contributed by atoms with Crippen LogP contribution >= 0.6 is 23.5 Å². The lowest BCUT2D eigenvalue weighted by Gasteiger charge is -2.61. The van der Waals surface area contributed by atoms with Crippen molar-refractivity contribution in [1.29, 1.82) is 0 Å². The summed E-state index contributed by atoms with van der Waals surface area (Å²) in [7, 11) is 0. The summed E-state index contributed by atoms with van der Waals surface area (Å²) in [4.78, 5) is 0. The Morgan fingerprint density at radius 1 is 0.536 bits per heavy atom. The van der Waals surface area contributed by atoms with Crippen LogP contribution in [0, 0.1) is 34.5 Å². The lowest BCUT2D eigenvalue weighted by Crippen LogP contribution is -2.53. The zero-order valence-electron chi connectivity index (χ0n) is 36.6. The number of hydrogen-bond acceptors (Lipinski definition) is 4. The highest BCUT2D eigenvalue weighted by atomic mass is 32.2.